The van der Waals surface area contributed by atoms with Crippen LogP contribution in [-0.4, -0.2) is 6.61 Å². The van der Waals surface area contributed by atoms with Crippen LogP contribution >= 0.6 is 24.2 Å². The first-order valence-corrected chi connectivity index (χ1v) is 5.07. The Kier molecular flexibility index (Phi) is 4.12. The van der Waals surface area contributed by atoms with Crippen molar-refractivity contribution in [3.63, 3.8) is 0 Å². The number of ether oxygens (including phenoxy) is 1. The van der Waals surface area contributed by atoms with Crippen molar-refractivity contribution < 1.29 is 4.74 Å². The van der Waals surface area contributed by atoms with Gasteiger partial charge in [-0.2, -0.15) is 5.26 Å². The molecular weight excluding hydrogens is 218 g/mol. The summed E-state index contributed by atoms with van der Waals surface area (Å²) in [6, 6.07) is 5.27. The van der Waals surface area contributed by atoms with E-state index in [0.29, 0.717) is 27.8 Å². The van der Waals surface area contributed by atoms with E-state index in [1.54, 1.807) is 12.1 Å². The zero-order valence-corrected chi connectivity index (χ0v) is 9.40. The van der Waals surface area contributed by atoms with Crippen LogP contribution in [0.5, 0.6) is 5.75 Å². The number of thiol groups is 1. The fraction of sp³-hybridized carbons (Fsp3) is 0.300. The minimum atomic E-state index is 0.427. The summed E-state index contributed by atoms with van der Waals surface area (Å²) >= 11 is 9.98. The molecule has 0 aliphatic carbocycles. The molecule has 0 heterocycles. The molecule has 14 heavy (non-hydrogen) atoms. The fourth-order valence-electron chi connectivity index (χ4n) is 1.02. The van der Waals surface area contributed by atoms with Crippen LogP contribution in [0.2, 0.25) is 5.02 Å². The lowest BCUT2D eigenvalue weighted by Gasteiger charge is -2.09. The normalized spacial score (nSPS) is 9.57. The van der Waals surface area contributed by atoms with Crippen molar-refractivity contribution in [3.8, 4) is 11.8 Å². The molecule has 0 aromatic heterocycles. The molecule has 0 aliphatic heterocycles. The molecule has 0 amide bonds. The molecule has 4 heteroatoms. The summed E-state index contributed by atoms with van der Waals surface area (Å²) in [5.41, 5.74) is 0.427. The van der Waals surface area contributed by atoms with Crippen molar-refractivity contribution in [2.45, 2.75) is 18.2 Å². The van der Waals surface area contributed by atoms with E-state index in [1.807, 2.05) is 13.0 Å². The average molecular weight is 228 g/mol. The summed E-state index contributed by atoms with van der Waals surface area (Å²) in [6.45, 7) is 2.57. The van der Waals surface area contributed by atoms with Crippen LogP contribution in [-0.2, 0) is 0 Å². The number of benzene rings is 1. The van der Waals surface area contributed by atoms with E-state index in [4.69, 9.17) is 21.6 Å². The van der Waals surface area contributed by atoms with Gasteiger partial charge in [-0.05, 0) is 18.6 Å². The van der Waals surface area contributed by atoms with Gasteiger partial charge in [-0.15, -0.1) is 12.6 Å². The molecule has 2 nitrogen and oxygen atoms in total. The van der Waals surface area contributed by atoms with Crippen LogP contribution in [0, 0.1) is 11.3 Å². The van der Waals surface area contributed by atoms with Crippen LogP contribution in [0.4, 0.5) is 0 Å². The maximum absolute atomic E-state index is 8.84. The van der Waals surface area contributed by atoms with Crippen molar-refractivity contribution in [1.29, 1.82) is 5.26 Å². The van der Waals surface area contributed by atoms with E-state index >= 15 is 0 Å². The molecule has 74 valence electrons. The summed E-state index contributed by atoms with van der Waals surface area (Å²) in [6.07, 6.45) is 0.890. The second kappa shape index (κ2) is 5.14. The number of hydrogen-bond acceptors (Lipinski definition) is 3. The van der Waals surface area contributed by atoms with E-state index in [-0.39, 0.29) is 0 Å². The summed E-state index contributed by atoms with van der Waals surface area (Å²) in [5, 5.41) is 9.34. The van der Waals surface area contributed by atoms with Gasteiger partial charge < -0.3 is 4.74 Å². The number of halogens is 1. The first kappa shape index (κ1) is 11.2. The third-order valence-electron chi connectivity index (χ3n) is 1.61. The van der Waals surface area contributed by atoms with Gasteiger partial charge in [0.05, 0.1) is 12.2 Å². The lowest BCUT2D eigenvalue weighted by molar-refractivity contribution is 0.309. The first-order valence-electron chi connectivity index (χ1n) is 4.24. The average Bonchev–Trinajstić information content (AvgIpc) is 2.15. The molecule has 0 saturated carbocycles. The van der Waals surface area contributed by atoms with Gasteiger partial charge in [-0.3, -0.25) is 0 Å². The zero-order chi connectivity index (χ0) is 10.6. The second-order valence-electron chi connectivity index (χ2n) is 2.76. The Morgan fingerprint density at radius 1 is 1.57 bits per heavy atom. The van der Waals surface area contributed by atoms with E-state index in [1.165, 1.54) is 0 Å². The summed E-state index contributed by atoms with van der Waals surface area (Å²) in [5.74, 6) is 0.516. The Hall–Kier alpha value is -0.850. The largest absolute Gasteiger partial charge is 0.491 e. The topological polar surface area (TPSA) is 33.0 Å². The zero-order valence-electron chi connectivity index (χ0n) is 7.75. The van der Waals surface area contributed by atoms with Crippen molar-refractivity contribution in [3.05, 3.63) is 22.7 Å². The Bertz CT molecular complexity index is 373. The van der Waals surface area contributed by atoms with Gasteiger partial charge in [0.2, 0.25) is 0 Å². The predicted octanol–water partition coefficient (Wildman–Crippen LogP) is 3.29. The van der Waals surface area contributed by atoms with Crippen LogP contribution < -0.4 is 4.74 Å². The third-order valence-corrected chi connectivity index (χ3v) is 2.16. The summed E-state index contributed by atoms with van der Waals surface area (Å²) < 4.78 is 5.41. The van der Waals surface area contributed by atoms with Gasteiger partial charge in [0.1, 0.15) is 11.8 Å². The third kappa shape index (κ3) is 2.57. The van der Waals surface area contributed by atoms with E-state index in [2.05, 4.69) is 12.6 Å². The first-order chi connectivity index (χ1) is 6.69. The van der Waals surface area contributed by atoms with E-state index < -0.39 is 0 Å². The number of nitriles is 1. The van der Waals surface area contributed by atoms with Crippen LogP contribution in [0.1, 0.15) is 18.9 Å². The molecular formula is C10H10ClNOS. The molecule has 0 aliphatic rings. The molecule has 0 bridgehead atoms. The molecule has 1 aromatic rings. The van der Waals surface area contributed by atoms with Crippen molar-refractivity contribution >= 4 is 24.2 Å². The Labute approximate surface area is 93.9 Å². The quantitative estimate of drug-likeness (QED) is 0.804. The van der Waals surface area contributed by atoms with Crippen molar-refractivity contribution in [2.24, 2.45) is 0 Å². The Morgan fingerprint density at radius 2 is 2.29 bits per heavy atom. The minimum absolute atomic E-state index is 0.427. The lowest BCUT2D eigenvalue weighted by atomic mass is 10.2. The second-order valence-corrected chi connectivity index (χ2v) is 3.68. The predicted molar refractivity (Wildman–Crippen MR) is 59.2 cm³/mol. The molecule has 0 N–H and O–H groups in total. The molecule has 1 rings (SSSR count). The SMILES string of the molecule is CCCOc1c(S)cc(Cl)cc1C#N. The van der Waals surface area contributed by atoms with Gasteiger partial charge in [0.25, 0.3) is 0 Å². The van der Waals surface area contributed by atoms with Gasteiger partial charge in [0.15, 0.2) is 0 Å². The van der Waals surface area contributed by atoms with Gasteiger partial charge >= 0.3 is 0 Å². The molecule has 0 atom stereocenters. The lowest BCUT2D eigenvalue weighted by Crippen LogP contribution is -1.98. The molecule has 1 aromatic carbocycles. The van der Waals surface area contributed by atoms with Gasteiger partial charge in [-0.25, -0.2) is 0 Å². The minimum Gasteiger partial charge on any atom is -0.491 e. The van der Waals surface area contributed by atoms with Crippen molar-refractivity contribution in [1.82, 2.24) is 0 Å². The number of nitrogens with zero attached hydrogens (tertiary/aromatic N) is 1. The monoisotopic (exact) mass is 227 g/mol. The molecule has 0 radical (unpaired) electrons. The highest BCUT2D eigenvalue weighted by Crippen LogP contribution is 2.30. The smallest absolute Gasteiger partial charge is 0.150 e. The summed E-state index contributed by atoms with van der Waals surface area (Å²) in [4.78, 5) is 0.600. The Morgan fingerprint density at radius 3 is 2.86 bits per heavy atom. The highest BCUT2D eigenvalue weighted by atomic mass is 35.5. The number of hydrogen-bond donors (Lipinski definition) is 1. The molecule has 0 unspecified atom stereocenters. The van der Waals surface area contributed by atoms with E-state index in [9.17, 15) is 0 Å². The number of rotatable bonds is 3. The van der Waals surface area contributed by atoms with Crippen LogP contribution in [0.15, 0.2) is 17.0 Å². The van der Waals surface area contributed by atoms with Gasteiger partial charge in [0, 0.05) is 9.92 Å². The summed E-state index contributed by atoms with van der Waals surface area (Å²) in [7, 11) is 0. The highest BCUT2D eigenvalue weighted by Gasteiger charge is 2.08. The van der Waals surface area contributed by atoms with E-state index in [0.717, 1.165) is 6.42 Å². The standard InChI is InChI=1S/C10H10ClNOS/c1-2-3-13-10-7(6-12)4-8(11)5-9(10)14/h4-5,14H,2-3H2,1H3. The van der Waals surface area contributed by atoms with Crippen LogP contribution in [0.25, 0.3) is 0 Å². The maximum atomic E-state index is 8.84. The molecule has 0 spiro atoms. The van der Waals surface area contributed by atoms with Gasteiger partial charge in [-0.1, -0.05) is 18.5 Å². The molecule has 0 saturated heterocycles. The molecule has 0 fully saturated rings. The van der Waals surface area contributed by atoms with Crippen LogP contribution in [0.3, 0.4) is 0 Å². The highest BCUT2D eigenvalue weighted by molar-refractivity contribution is 7.80. The van der Waals surface area contributed by atoms with Crippen molar-refractivity contribution in [2.75, 3.05) is 6.61 Å². The maximum Gasteiger partial charge on any atom is 0.150 e. The Balaban J connectivity index is 3.07. The fourth-order valence-corrected chi connectivity index (χ4v) is 1.64.